The summed E-state index contributed by atoms with van der Waals surface area (Å²) in [5.41, 5.74) is 0. The molecule has 1 fully saturated rings. The van der Waals surface area contributed by atoms with Crippen molar-refractivity contribution < 1.29 is 18.3 Å². The second kappa shape index (κ2) is 6.49. The van der Waals surface area contributed by atoms with Gasteiger partial charge in [-0.3, -0.25) is 4.79 Å². The van der Waals surface area contributed by atoms with Gasteiger partial charge in [-0.25, -0.2) is 0 Å². The molecule has 0 amide bonds. The lowest BCUT2D eigenvalue weighted by Gasteiger charge is -2.21. The number of hydrogen-bond donors (Lipinski definition) is 2. The Kier molecular flexibility index (Phi) is 5.55. The van der Waals surface area contributed by atoms with Crippen LogP contribution in [0.3, 0.4) is 0 Å². The number of rotatable bonds is 9. The molecule has 0 aliphatic heterocycles. The van der Waals surface area contributed by atoms with Gasteiger partial charge in [0.2, 0.25) is 0 Å². The third kappa shape index (κ3) is 4.91. The Morgan fingerprint density at radius 3 is 2.56 bits per heavy atom. The zero-order valence-corrected chi connectivity index (χ0v) is 11.7. The Balaban J connectivity index is 2.56. The number of unbranched alkanes of at least 4 members (excludes halogenated alkanes) is 1. The number of carboxylic acids is 1. The molecule has 0 spiro atoms. The van der Waals surface area contributed by atoms with Gasteiger partial charge in [-0.15, -0.1) is 0 Å². The smallest absolute Gasteiger partial charge is 0.321 e. The molecule has 0 aromatic carbocycles. The Labute approximate surface area is 109 Å². The molecule has 7 heteroatoms. The standard InChI is InChI=1S/C11H22N2O4S/c1-3-4-5-10(11(14)15)12-18(16,17)13(2)8-9-6-7-9/h9-10,12H,3-8H2,1-2H3,(H,14,15). The largest absolute Gasteiger partial charge is 0.480 e. The molecule has 1 saturated carbocycles. The Hall–Kier alpha value is -0.660. The molecule has 1 aliphatic carbocycles. The summed E-state index contributed by atoms with van der Waals surface area (Å²) in [5, 5.41) is 8.99. The van der Waals surface area contributed by atoms with Gasteiger partial charge in [0, 0.05) is 13.6 Å². The van der Waals surface area contributed by atoms with Crippen molar-refractivity contribution in [2.75, 3.05) is 13.6 Å². The van der Waals surface area contributed by atoms with E-state index in [4.69, 9.17) is 5.11 Å². The minimum atomic E-state index is -3.69. The molecule has 0 bridgehead atoms. The van der Waals surface area contributed by atoms with Crippen LogP contribution >= 0.6 is 0 Å². The lowest BCUT2D eigenvalue weighted by atomic mass is 10.1. The first-order valence-electron chi connectivity index (χ1n) is 6.33. The fraction of sp³-hybridized carbons (Fsp3) is 0.909. The van der Waals surface area contributed by atoms with Crippen LogP contribution in [0.15, 0.2) is 0 Å². The number of carboxylic acid groups (broad SMARTS) is 1. The van der Waals surface area contributed by atoms with Crippen LogP contribution in [0.2, 0.25) is 0 Å². The monoisotopic (exact) mass is 278 g/mol. The average Bonchev–Trinajstić information content (AvgIpc) is 3.07. The highest BCUT2D eigenvalue weighted by Crippen LogP contribution is 2.29. The van der Waals surface area contributed by atoms with Gasteiger partial charge in [0.15, 0.2) is 0 Å². The second-order valence-corrected chi connectivity index (χ2v) is 6.69. The van der Waals surface area contributed by atoms with E-state index in [1.165, 1.54) is 11.4 Å². The summed E-state index contributed by atoms with van der Waals surface area (Å²) in [4.78, 5) is 11.0. The van der Waals surface area contributed by atoms with Crippen LogP contribution in [0.25, 0.3) is 0 Å². The Morgan fingerprint density at radius 1 is 1.50 bits per heavy atom. The minimum Gasteiger partial charge on any atom is -0.480 e. The molecular weight excluding hydrogens is 256 g/mol. The van der Waals surface area contributed by atoms with Crippen LogP contribution in [0.4, 0.5) is 0 Å². The summed E-state index contributed by atoms with van der Waals surface area (Å²) in [6, 6.07) is -1.03. The van der Waals surface area contributed by atoms with Gasteiger partial charge < -0.3 is 5.11 Å². The molecule has 0 saturated heterocycles. The molecule has 1 atom stereocenters. The Morgan fingerprint density at radius 2 is 2.11 bits per heavy atom. The number of carbonyl (C=O) groups is 1. The zero-order chi connectivity index (χ0) is 13.8. The van der Waals surface area contributed by atoms with Crippen LogP contribution in [0.5, 0.6) is 0 Å². The molecular formula is C11H22N2O4S. The van der Waals surface area contributed by atoms with Gasteiger partial charge in [0.05, 0.1) is 0 Å². The highest BCUT2D eigenvalue weighted by Gasteiger charge is 2.31. The van der Waals surface area contributed by atoms with Gasteiger partial charge in [0.1, 0.15) is 6.04 Å². The van der Waals surface area contributed by atoms with Crippen molar-refractivity contribution in [2.45, 2.75) is 45.1 Å². The molecule has 1 rings (SSSR count). The summed E-state index contributed by atoms with van der Waals surface area (Å²) >= 11 is 0. The molecule has 6 nitrogen and oxygen atoms in total. The predicted octanol–water partition coefficient (Wildman–Crippen LogP) is 0.806. The minimum absolute atomic E-state index is 0.322. The summed E-state index contributed by atoms with van der Waals surface area (Å²) < 4.78 is 27.3. The lowest BCUT2D eigenvalue weighted by molar-refractivity contribution is -0.139. The Bertz CT molecular complexity index is 379. The number of aliphatic carboxylic acids is 1. The van der Waals surface area contributed by atoms with Crippen LogP contribution in [-0.4, -0.2) is 43.4 Å². The van der Waals surface area contributed by atoms with E-state index >= 15 is 0 Å². The van der Waals surface area contributed by atoms with Gasteiger partial charge in [0.25, 0.3) is 10.2 Å². The van der Waals surface area contributed by atoms with E-state index < -0.39 is 22.2 Å². The van der Waals surface area contributed by atoms with E-state index in [0.29, 0.717) is 25.3 Å². The van der Waals surface area contributed by atoms with E-state index in [-0.39, 0.29) is 0 Å². The first-order chi connectivity index (χ1) is 8.36. The molecule has 1 unspecified atom stereocenters. The predicted molar refractivity (Wildman–Crippen MR) is 68.4 cm³/mol. The van der Waals surface area contributed by atoms with E-state index in [9.17, 15) is 13.2 Å². The van der Waals surface area contributed by atoms with Gasteiger partial charge in [-0.1, -0.05) is 19.8 Å². The topological polar surface area (TPSA) is 86.7 Å². The molecule has 0 aromatic heterocycles. The number of nitrogens with zero attached hydrogens (tertiary/aromatic N) is 1. The van der Waals surface area contributed by atoms with E-state index in [1.807, 2.05) is 6.92 Å². The van der Waals surface area contributed by atoms with Crippen molar-refractivity contribution in [1.82, 2.24) is 9.03 Å². The SMILES string of the molecule is CCCCC(NS(=O)(=O)N(C)CC1CC1)C(=O)O. The van der Waals surface area contributed by atoms with Crippen molar-refractivity contribution in [2.24, 2.45) is 5.92 Å². The van der Waals surface area contributed by atoms with Crippen LogP contribution < -0.4 is 4.72 Å². The summed E-state index contributed by atoms with van der Waals surface area (Å²) in [5.74, 6) is -0.683. The van der Waals surface area contributed by atoms with Gasteiger partial charge >= 0.3 is 5.97 Å². The van der Waals surface area contributed by atoms with Crippen molar-refractivity contribution >= 4 is 16.2 Å². The highest BCUT2D eigenvalue weighted by atomic mass is 32.2. The third-order valence-corrected chi connectivity index (χ3v) is 4.61. The molecule has 0 radical (unpaired) electrons. The molecule has 1 aliphatic rings. The fourth-order valence-corrected chi connectivity index (χ4v) is 2.84. The third-order valence-electron chi connectivity index (χ3n) is 3.06. The van der Waals surface area contributed by atoms with Crippen molar-refractivity contribution in [3.8, 4) is 0 Å². The van der Waals surface area contributed by atoms with E-state index in [0.717, 1.165) is 19.3 Å². The summed E-state index contributed by atoms with van der Waals surface area (Å²) in [7, 11) is -2.20. The molecule has 2 N–H and O–H groups in total. The number of hydrogen-bond acceptors (Lipinski definition) is 3. The normalized spacial score (nSPS) is 17.9. The maximum atomic E-state index is 11.9. The lowest BCUT2D eigenvalue weighted by Crippen LogP contribution is -2.47. The van der Waals surface area contributed by atoms with Crippen molar-refractivity contribution in [1.29, 1.82) is 0 Å². The zero-order valence-electron chi connectivity index (χ0n) is 10.9. The maximum Gasteiger partial charge on any atom is 0.321 e. The number of nitrogens with one attached hydrogen (secondary N) is 1. The molecule has 0 heterocycles. The van der Waals surface area contributed by atoms with Gasteiger partial charge in [-0.05, 0) is 25.2 Å². The summed E-state index contributed by atoms with van der Waals surface area (Å²) in [6.07, 6.45) is 3.95. The second-order valence-electron chi connectivity index (χ2n) is 4.88. The quantitative estimate of drug-likeness (QED) is 0.653. The first-order valence-corrected chi connectivity index (χ1v) is 7.77. The maximum absolute atomic E-state index is 11.9. The fourth-order valence-electron chi connectivity index (χ4n) is 1.67. The van der Waals surface area contributed by atoms with Crippen LogP contribution in [0.1, 0.15) is 39.0 Å². The van der Waals surface area contributed by atoms with Crippen LogP contribution in [-0.2, 0) is 15.0 Å². The highest BCUT2D eigenvalue weighted by molar-refractivity contribution is 7.87. The molecule has 106 valence electrons. The molecule has 0 aromatic rings. The average molecular weight is 278 g/mol. The van der Waals surface area contributed by atoms with E-state index in [2.05, 4.69) is 4.72 Å². The van der Waals surface area contributed by atoms with Crippen LogP contribution in [0, 0.1) is 5.92 Å². The van der Waals surface area contributed by atoms with Crippen molar-refractivity contribution in [3.05, 3.63) is 0 Å². The first kappa shape index (κ1) is 15.4. The van der Waals surface area contributed by atoms with Gasteiger partial charge in [-0.2, -0.15) is 17.4 Å². The molecule has 18 heavy (non-hydrogen) atoms. The van der Waals surface area contributed by atoms with E-state index in [1.54, 1.807) is 0 Å². The summed E-state index contributed by atoms with van der Waals surface area (Å²) in [6.45, 7) is 2.40. The van der Waals surface area contributed by atoms with Crippen molar-refractivity contribution in [3.63, 3.8) is 0 Å².